The lowest BCUT2D eigenvalue weighted by molar-refractivity contribution is -0.144. The fourth-order valence-corrected chi connectivity index (χ4v) is 2.65. The molecule has 0 aliphatic carbocycles. The minimum absolute atomic E-state index is 0.00283. The number of aromatic nitrogens is 4. The smallest absolute Gasteiger partial charge is 0.306 e. The fourth-order valence-electron chi connectivity index (χ4n) is 2.65. The Morgan fingerprint density at radius 1 is 1.35 bits per heavy atom. The largest absolute Gasteiger partial charge is 0.453 e. The number of nitrogens with zero attached hydrogens (tertiary/aromatic N) is 5. The summed E-state index contributed by atoms with van der Waals surface area (Å²) in [4.78, 5) is 9.49. The van der Waals surface area contributed by atoms with Crippen LogP contribution < -0.4 is 0 Å². The Morgan fingerprint density at radius 2 is 2.15 bits per heavy atom. The van der Waals surface area contributed by atoms with E-state index in [-0.39, 0.29) is 11.7 Å². The van der Waals surface area contributed by atoms with Crippen molar-refractivity contribution < 1.29 is 13.2 Å². The number of piperidine rings is 1. The van der Waals surface area contributed by atoms with Gasteiger partial charge in [0, 0.05) is 18.7 Å². The third-order valence-corrected chi connectivity index (χ3v) is 3.57. The summed E-state index contributed by atoms with van der Waals surface area (Å²) in [6.07, 6.45) is -1.10. The lowest BCUT2D eigenvalue weighted by Gasteiger charge is -2.29. The van der Waals surface area contributed by atoms with E-state index < -0.39 is 12.0 Å². The third-order valence-electron chi connectivity index (χ3n) is 3.57. The number of likely N-dealkylation sites (tertiary alicyclic amines) is 1. The summed E-state index contributed by atoms with van der Waals surface area (Å²) >= 11 is 0. The minimum Gasteiger partial charge on any atom is -0.306 e. The number of alkyl halides is 3. The van der Waals surface area contributed by atoms with Crippen molar-refractivity contribution >= 4 is 5.78 Å². The lowest BCUT2D eigenvalue weighted by atomic mass is 9.95. The van der Waals surface area contributed by atoms with E-state index in [0.29, 0.717) is 0 Å². The van der Waals surface area contributed by atoms with Gasteiger partial charge in [-0.15, -0.1) is 5.10 Å². The summed E-state index contributed by atoms with van der Waals surface area (Å²) < 4.78 is 39.3. The Labute approximate surface area is 113 Å². The first kappa shape index (κ1) is 13.3. The second-order valence-corrected chi connectivity index (χ2v) is 5.12. The quantitative estimate of drug-likeness (QED) is 0.803. The lowest BCUT2D eigenvalue weighted by Crippen LogP contribution is -2.31. The van der Waals surface area contributed by atoms with Gasteiger partial charge >= 0.3 is 6.18 Å². The molecule has 5 nitrogen and oxygen atoms in total. The van der Waals surface area contributed by atoms with Crippen molar-refractivity contribution in [3.63, 3.8) is 0 Å². The van der Waals surface area contributed by atoms with Crippen LogP contribution in [0.3, 0.4) is 0 Å². The second-order valence-electron chi connectivity index (χ2n) is 5.12. The maximum Gasteiger partial charge on any atom is 0.453 e. The molecule has 1 saturated heterocycles. The molecule has 3 rings (SSSR count). The van der Waals surface area contributed by atoms with Crippen LogP contribution in [-0.4, -0.2) is 44.6 Å². The molecular weight excluding hydrogens is 271 g/mol. The van der Waals surface area contributed by atoms with Gasteiger partial charge < -0.3 is 4.90 Å². The molecule has 1 aliphatic heterocycles. The van der Waals surface area contributed by atoms with Crippen LogP contribution in [-0.2, 0) is 6.18 Å². The topological polar surface area (TPSA) is 46.3 Å². The third kappa shape index (κ3) is 2.35. The molecule has 108 valence electrons. The average Bonchev–Trinajstić information content (AvgIpc) is 2.82. The van der Waals surface area contributed by atoms with Crippen LogP contribution in [0.15, 0.2) is 12.3 Å². The highest BCUT2D eigenvalue weighted by Gasteiger charge is 2.37. The molecule has 8 heteroatoms. The van der Waals surface area contributed by atoms with Crippen LogP contribution in [0.5, 0.6) is 0 Å². The van der Waals surface area contributed by atoms with Gasteiger partial charge in [-0.3, -0.25) is 0 Å². The molecule has 0 spiro atoms. The molecular formula is C12H14F3N5. The van der Waals surface area contributed by atoms with Crippen LogP contribution in [0.4, 0.5) is 13.2 Å². The van der Waals surface area contributed by atoms with Crippen LogP contribution in [0.25, 0.3) is 5.78 Å². The molecule has 1 unspecified atom stereocenters. The molecule has 2 aromatic heterocycles. The number of fused-ring (bicyclic) bond motifs is 1. The van der Waals surface area contributed by atoms with Crippen molar-refractivity contribution in [2.45, 2.75) is 24.9 Å². The molecule has 0 bridgehead atoms. The van der Waals surface area contributed by atoms with E-state index in [0.717, 1.165) is 31.6 Å². The molecule has 1 fully saturated rings. The molecule has 0 aromatic carbocycles. The molecule has 0 amide bonds. The van der Waals surface area contributed by atoms with Gasteiger partial charge in [-0.2, -0.15) is 18.2 Å². The Bertz CT molecular complexity index is 621. The van der Waals surface area contributed by atoms with E-state index in [1.165, 1.54) is 10.7 Å². The Hall–Kier alpha value is -1.70. The summed E-state index contributed by atoms with van der Waals surface area (Å²) in [6.45, 7) is 1.82. The fraction of sp³-hybridized carbons (Fsp3) is 0.583. The standard InChI is InChI=1S/C12H14F3N5/c1-19-6-2-3-8(7-19)9-4-5-16-11-17-10(12(13,14)15)18-20(9)11/h4-5,8H,2-3,6-7H2,1H3. The van der Waals surface area contributed by atoms with Gasteiger partial charge in [0.2, 0.25) is 0 Å². The SMILES string of the molecule is CN1CCCC(c2ccnc3nc(C(F)(F)F)nn23)C1. The van der Waals surface area contributed by atoms with E-state index in [4.69, 9.17) is 0 Å². The van der Waals surface area contributed by atoms with Crippen molar-refractivity contribution in [3.8, 4) is 0 Å². The number of rotatable bonds is 1. The summed E-state index contributed by atoms with van der Waals surface area (Å²) in [7, 11) is 2.01. The molecule has 0 radical (unpaired) electrons. The van der Waals surface area contributed by atoms with E-state index in [2.05, 4.69) is 20.0 Å². The number of hydrogen-bond acceptors (Lipinski definition) is 4. The number of halogens is 3. The van der Waals surface area contributed by atoms with Crippen LogP contribution in [0.1, 0.15) is 30.3 Å². The van der Waals surface area contributed by atoms with Gasteiger partial charge in [0.25, 0.3) is 11.6 Å². The number of hydrogen-bond donors (Lipinski definition) is 0. The van der Waals surface area contributed by atoms with E-state index >= 15 is 0 Å². The van der Waals surface area contributed by atoms with Gasteiger partial charge in [0.1, 0.15) is 0 Å². The van der Waals surface area contributed by atoms with Gasteiger partial charge in [-0.1, -0.05) is 0 Å². The molecule has 3 heterocycles. The van der Waals surface area contributed by atoms with Crippen molar-refractivity contribution in [3.05, 3.63) is 23.8 Å². The summed E-state index contributed by atoms with van der Waals surface area (Å²) in [5.41, 5.74) is 0.740. The van der Waals surface area contributed by atoms with Gasteiger partial charge in [0.05, 0.1) is 5.69 Å². The Kier molecular flexibility index (Phi) is 3.12. The van der Waals surface area contributed by atoms with Crippen molar-refractivity contribution in [1.29, 1.82) is 0 Å². The zero-order valence-electron chi connectivity index (χ0n) is 10.9. The monoisotopic (exact) mass is 285 g/mol. The van der Waals surface area contributed by atoms with E-state index in [1.54, 1.807) is 6.07 Å². The van der Waals surface area contributed by atoms with Crippen LogP contribution in [0, 0.1) is 0 Å². The molecule has 0 N–H and O–H groups in total. The van der Waals surface area contributed by atoms with Crippen molar-refractivity contribution in [2.75, 3.05) is 20.1 Å². The first-order valence-electron chi connectivity index (χ1n) is 6.42. The normalized spacial score (nSPS) is 21.5. The van der Waals surface area contributed by atoms with E-state index in [1.807, 2.05) is 7.05 Å². The molecule has 20 heavy (non-hydrogen) atoms. The maximum absolute atomic E-state index is 12.7. The minimum atomic E-state index is -4.55. The van der Waals surface area contributed by atoms with E-state index in [9.17, 15) is 13.2 Å². The van der Waals surface area contributed by atoms with Crippen LogP contribution in [0.2, 0.25) is 0 Å². The highest BCUT2D eigenvalue weighted by atomic mass is 19.4. The second kappa shape index (κ2) is 4.69. The van der Waals surface area contributed by atoms with Gasteiger partial charge in [-0.05, 0) is 32.5 Å². The zero-order valence-corrected chi connectivity index (χ0v) is 10.9. The van der Waals surface area contributed by atoms with Crippen molar-refractivity contribution in [2.24, 2.45) is 0 Å². The summed E-state index contributed by atoms with van der Waals surface area (Å²) in [6, 6.07) is 1.73. The Balaban J connectivity index is 2.04. The molecule has 1 aliphatic rings. The Morgan fingerprint density at radius 3 is 2.85 bits per heavy atom. The van der Waals surface area contributed by atoms with Crippen LogP contribution >= 0.6 is 0 Å². The highest BCUT2D eigenvalue weighted by molar-refractivity contribution is 5.30. The molecule has 0 saturated carbocycles. The summed E-state index contributed by atoms with van der Waals surface area (Å²) in [5.74, 6) is -0.980. The van der Waals surface area contributed by atoms with Crippen molar-refractivity contribution in [1.82, 2.24) is 24.5 Å². The van der Waals surface area contributed by atoms with Gasteiger partial charge in [0.15, 0.2) is 0 Å². The first-order valence-corrected chi connectivity index (χ1v) is 6.42. The van der Waals surface area contributed by atoms with Gasteiger partial charge in [-0.25, -0.2) is 9.50 Å². The predicted molar refractivity (Wildman–Crippen MR) is 65.3 cm³/mol. The maximum atomic E-state index is 12.7. The first-order chi connectivity index (χ1) is 9.45. The number of likely N-dealkylation sites (N-methyl/N-ethyl adjacent to an activating group) is 1. The summed E-state index contributed by atoms with van der Waals surface area (Å²) in [5, 5.41) is 3.58. The zero-order chi connectivity index (χ0) is 14.3. The predicted octanol–water partition coefficient (Wildman–Crippen LogP) is 1.95. The highest BCUT2D eigenvalue weighted by Crippen LogP contribution is 2.29. The molecule has 2 aromatic rings. The average molecular weight is 285 g/mol. The molecule has 1 atom stereocenters.